The monoisotopic (exact) mass is 286 g/mol. The quantitative estimate of drug-likeness (QED) is 0.868. The standard InChI is InChI=1S/C17H22N2O2/c1-4-8-16(15-9-6-5-7-10-15)18-17(20)19-11-14(3)21-12-13(19)2/h1,5-7,9-10,13-14,16H,8,11-12H2,2-3H3,(H,18,20)/t13-,14+,16-/m0/s1. The van der Waals surface area contributed by atoms with Gasteiger partial charge in [-0.05, 0) is 19.4 Å². The number of amides is 2. The van der Waals surface area contributed by atoms with E-state index < -0.39 is 0 Å². The van der Waals surface area contributed by atoms with E-state index in [9.17, 15) is 4.79 Å². The molecule has 1 fully saturated rings. The molecule has 1 aromatic rings. The molecule has 0 aliphatic carbocycles. The summed E-state index contributed by atoms with van der Waals surface area (Å²) in [7, 11) is 0. The molecule has 4 nitrogen and oxygen atoms in total. The summed E-state index contributed by atoms with van der Waals surface area (Å²) in [6, 6.07) is 9.64. The highest BCUT2D eigenvalue weighted by Crippen LogP contribution is 2.18. The van der Waals surface area contributed by atoms with Crippen LogP contribution in [-0.2, 0) is 4.74 Å². The number of carbonyl (C=O) groups is 1. The van der Waals surface area contributed by atoms with E-state index in [1.54, 1.807) is 0 Å². The van der Waals surface area contributed by atoms with Gasteiger partial charge in [-0.3, -0.25) is 0 Å². The summed E-state index contributed by atoms with van der Waals surface area (Å²) in [4.78, 5) is 14.3. The van der Waals surface area contributed by atoms with Crippen LogP contribution in [0.1, 0.15) is 31.9 Å². The number of terminal acetylenes is 1. The third kappa shape index (κ3) is 3.99. The number of hydrogen-bond acceptors (Lipinski definition) is 2. The lowest BCUT2D eigenvalue weighted by atomic mass is 10.0. The fraction of sp³-hybridized carbons (Fsp3) is 0.471. The van der Waals surface area contributed by atoms with Crippen LogP contribution in [0.2, 0.25) is 0 Å². The van der Waals surface area contributed by atoms with Gasteiger partial charge in [-0.1, -0.05) is 30.3 Å². The molecule has 0 saturated carbocycles. The van der Waals surface area contributed by atoms with E-state index in [4.69, 9.17) is 11.2 Å². The van der Waals surface area contributed by atoms with Crippen LogP contribution in [0, 0.1) is 12.3 Å². The number of carbonyl (C=O) groups excluding carboxylic acids is 1. The molecule has 0 radical (unpaired) electrons. The van der Waals surface area contributed by atoms with Gasteiger partial charge in [0.05, 0.1) is 24.8 Å². The first-order chi connectivity index (χ1) is 10.1. The number of hydrogen-bond donors (Lipinski definition) is 1. The van der Waals surface area contributed by atoms with Crippen molar-refractivity contribution in [3.63, 3.8) is 0 Å². The molecular formula is C17H22N2O2. The van der Waals surface area contributed by atoms with Crippen LogP contribution in [0.5, 0.6) is 0 Å². The molecule has 0 spiro atoms. The van der Waals surface area contributed by atoms with Crippen LogP contribution in [0.3, 0.4) is 0 Å². The number of morpholine rings is 1. The molecule has 1 aromatic carbocycles. The summed E-state index contributed by atoms with van der Waals surface area (Å²) in [5, 5.41) is 3.04. The Balaban J connectivity index is 2.06. The molecule has 2 amide bonds. The minimum Gasteiger partial charge on any atom is -0.375 e. The molecule has 1 heterocycles. The van der Waals surface area contributed by atoms with Gasteiger partial charge in [0.25, 0.3) is 0 Å². The summed E-state index contributed by atoms with van der Waals surface area (Å²) >= 11 is 0. The second-order valence-electron chi connectivity index (χ2n) is 5.47. The van der Waals surface area contributed by atoms with E-state index in [2.05, 4.69) is 11.2 Å². The number of nitrogens with one attached hydrogen (secondary N) is 1. The Kier molecular flexibility index (Phi) is 5.24. The fourth-order valence-electron chi connectivity index (χ4n) is 2.47. The maximum atomic E-state index is 12.5. The molecule has 1 saturated heterocycles. The van der Waals surface area contributed by atoms with E-state index in [0.717, 1.165) is 5.56 Å². The van der Waals surface area contributed by atoms with Crippen molar-refractivity contribution in [1.29, 1.82) is 0 Å². The van der Waals surface area contributed by atoms with Crippen LogP contribution >= 0.6 is 0 Å². The summed E-state index contributed by atoms with van der Waals surface area (Å²) < 4.78 is 5.55. The van der Waals surface area contributed by atoms with Crippen LogP contribution in [0.15, 0.2) is 30.3 Å². The number of nitrogens with zero attached hydrogens (tertiary/aromatic N) is 1. The molecule has 112 valence electrons. The third-order valence-electron chi connectivity index (χ3n) is 3.69. The largest absolute Gasteiger partial charge is 0.375 e. The minimum absolute atomic E-state index is 0.0646. The minimum atomic E-state index is -0.158. The Morgan fingerprint density at radius 3 is 2.86 bits per heavy atom. The first-order valence-electron chi connectivity index (χ1n) is 7.29. The molecule has 3 atom stereocenters. The van der Waals surface area contributed by atoms with Crippen molar-refractivity contribution in [2.75, 3.05) is 13.2 Å². The van der Waals surface area contributed by atoms with E-state index in [1.165, 1.54) is 0 Å². The Bertz CT molecular complexity index is 509. The number of rotatable bonds is 3. The van der Waals surface area contributed by atoms with Gasteiger partial charge in [-0.2, -0.15) is 0 Å². The van der Waals surface area contributed by atoms with Crippen LogP contribution in [0.4, 0.5) is 4.79 Å². The van der Waals surface area contributed by atoms with Crippen molar-refractivity contribution in [3.05, 3.63) is 35.9 Å². The molecule has 0 unspecified atom stereocenters. The van der Waals surface area contributed by atoms with Gasteiger partial charge in [0, 0.05) is 13.0 Å². The van der Waals surface area contributed by atoms with Crippen molar-refractivity contribution in [2.24, 2.45) is 0 Å². The summed E-state index contributed by atoms with van der Waals surface area (Å²) in [6.45, 7) is 5.14. The van der Waals surface area contributed by atoms with Gasteiger partial charge >= 0.3 is 6.03 Å². The highest BCUT2D eigenvalue weighted by molar-refractivity contribution is 5.75. The summed E-state index contributed by atoms with van der Waals surface area (Å²) in [5.41, 5.74) is 1.03. The van der Waals surface area contributed by atoms with Gasteiger partial charge in [0.1, 0.15) is 0 Å². The Hall–Kier alpha value is -1.99. The van der Waals surface area contributed by atoms with E-state index in [1.807, 2.05) is 49.1 Å². The summed E-state index contributed by atoms with van der Waals surface area (Å²) in [6.07, 6.45) is 5.98. The average molecular weight is 286 g/mol. The zero-order chi connectivity index (χ0) is 15.2. The smallest absolute Gasteiger partial charge is 0.318 e. The average Bonchev–Trinajstić information content (AvgIpc) is 2.50. The van der Waals surface area contributed by atoms with Crippen LogP contribution < -0.4 is 5.32 Å². The maximum Gasteiger partial charge on any atom is 0.318 e. The molecular weight excluding hydrogens is 264 g/mol. The molecule has 21 heavy (non-hydrogen) atoms. The SMILES string of the molecule is C#CC[C@H](NC(=O)N1C[C@@H](C)OC[C@@H]1C)c1ccccc1. The Morgan fingerprint density at radius 2 is 2.19 bits per heavy atom. The first-order valence-corrected chi connectivity index (χ1v) is 7.29. The van der Waals surface area contributed by atoms with Crippen molar-refractivity contribution in [1.82, 2.24) is 10.2 Å². The molecule has 1 aliphatic heterocycles. The fourth-order valence-corrected chi connectivity index (χ4v) is 2.47. The van der Waals surface area contributed by atoms with Crippen LogP contribution in [0.25, 0.3) is 0 Å². The van der Waals surface area contributed by atoms with Gasteiger partial charge in [-0.25, -0.2) is 4.79 Å². The predicted octanol–water partition coefficient (Wildman–Crippen LogP) is 2.57. The Labute approximate surface area is 126 Å². The number of benzene rings is 1. The van der Waals surface area contributed by atoms with Crippen LogP contribution in [-0.4, -0.2) is 36.2 Å². The maximum absolute atomic E-state index is 12.5. The lowest BCUT2D eigenvalue weighted by Crippen LogP contribution is -2.54. The second kappa shape index (κ2) is 7.14. The molecule has 1 N–H and O–H groups in total. The normalized spacial score (nSPS) is 23.2. The lowest BCUT2D eigenvalue weighted by molar-refractivity contribution is -0.0321. The highest BCUT2D eigenvalue weighted by atomic mass is 16.5. The number of urea groups is 1. The number of ether oxygens (including phenoxy) is 1. The van der Waals surface area contributed by atoms with Gasteiger partial charge in [0.15, 0.2) is 0 Å². The molecule has 0 aromatic heterocycles. The Morgan fingerprint density at radius 1 is 1.48 bits per heavy atom. The molecule has 0 bridgehead atoms. The predicted molar refractivity (Wildman–Crippen MR) is 82.7 cm³/mol. The molecule has 2 rings (SSSR count). The van der Waals surface area contributed by atoms with Crippen molar-refractivity contribution < 1.29 is 9.53 Å². The highest BCUT2D eigenvalue weighted by Gasteiger charge is 2.28. The van der Waals surface area contributed by atoms with Gasteiger partial charge in [0.2, 0.25) is 0 Å². The second-order valence-corrected chi connectivity index (χ2v) is 5.47. The van der Waals surface area contributed by atoms with E-state index >= 15 is 0 Å². The topological polar surface area (TPSA) is 41.6 Å². The van der Waals surface area contributed by atoms with Crippen molar-refractivity contribution in [2.45, 2.75) is 38.5 Å². The summed E-state index contributed by atoms with van der Waals surface area (Å²) in [5.74, 6) is 2.64. The zero-order valence-electron chi connectivity index (χ0n) is 12.6. The van der Waals surface area contributed by atoms with Gasteiger partial charge < -0.3 is 15.0 Å². The zero-order valence-corrected chi connectivity index (χ0v) is 12.6. The van der Waals surface area contributed by atoms with E-state index in [0.29, 0.717) is 19.6 Å². The van der Waals surface area contributed by atoms with Crippen molar-refractivity contribution in [3.8, 4) is 12.3 Å². The van der Waals surface area contributed by atoms with Gasteiger partial charge in [-0.15, -0.1) is 12.3 Å². The first kappa shape index (κ1) is 15.4. The van der Waals surface area contributed by atoms with Crippen molar-refractivity contribution >= 4 is 6.03 Å². The molecule has 4 heteroatoms. The third-order valence-corrected chi connectivity index (χ3v) is 3.69. The molecule has 1 aliphatic rings. The van der Waals surface area contributed by atoms with E-state index in [-0.39, 0.29) is 24.2 Å². The lowest BCUT2D eigenvalue weighted by Gasteiger charge is -2.37.